The Morgan fingerprint density at radius 2 is 1.52 bits per heavy atom. The van der Waals surface area contributed by atoms with Crippen LogP contribution in [0.2, 0.25) is 0 Å². The van der Waals surface area contributed by atoms with Crippen molar-refractivity contribution >= 4 is 5.97 Å². The number of aromatic amines is 1. The molecule has 42 heavy (non-hydrogen) atoms. The molecule has 1 aliphatic heterocycles. The number of nitrogens with one attached hydrogen (secondary N) is 1. The summed E-state index contributed by atoms with van der Waals surface area (Å²) in [6, 6.07) is 27.6. The lowest BCUT2D eigenvalue weighted by atomic mass is 9.80. The lowest BCUT2D eigenvalue weighted by molar-refractivity contribution is -0.144. The van der Waals surface area contributed by atoms with E-state index in [1.54, 1.807) is 14.0 Å². The molecule has 0 unspecified atom stereocenters. The molecule has 0 amide bonds. The smallest absolute Gasteiger partial charge is 0.330 e. The van der Waals surface area contributed by atoms with Gasteiger partial charge < -0.3 is 18.9 Å². The lowest BCUT2D eigenvalue weighted by Gasteiger charge is -2.37. The molecule has 0 bridgehead atoms. The summed E-state index contributed by atoms with van der Waals surface area (Å²) in [4.78, 5) is 38.7. The van der Waals surface area contributed by atoms with E-state index in [0.29, 0.717) is 12.0 Å². The van der Waals surface area contributed by atoms with Gasteiger partial charge >= 0.3 is 11.7 Å². The number of methoxy groups -OCH3 is 1. The molecule has 9 heteroatoms. The Bertz CT molecular complexity index is 1570. The van der Waals surface area contributed by atoms with Crippen LogP contribution < -0.4 is 16.0 Å². The van der Waals surface area contributed by atoms with Gasteiger partial charge in [-0.3, -0.25) is 19.1 Å². The molecule has 3 atom stereocenters. The first kappa shape index (κ1) is 29.0. The highest BCUT2D eigenvalue weighted by Crippen LogP contribution is 2.43. The number of hydrogen-bond donors (Lipinski definition) is 1. The summed E-state index contributed by atoms with van der Waals surface area (Å²) >= 11 is 0. The Morgan fingerprint density at radius 1 is 0.929 bits per heavy atom. The number of carbonyl (C=O) groups is 1. The fraction of sp³-hybridized carbons (Fsp3) is 0.303. The summed E-state index contributed by atoms with van der Waals surface area (Å²) < 4.78 is 25.6. The number of aromatic nitrogens is 2. The molecule has 1 N–H and O–H groups in total. The monoisotopic (exact) mass is 570 g/mol. The number of aryl methyl sites for hydroxylation is 1. The minimum Gasteiger partial charge on any atom is -0.497 e. The molecule has 1 saturated heterocycles. The Balaban J connectivity index is 1.55. The topological polar surface area (TPSA) is 109 Å². The minimum atomic E-state index is -1.02. The lowest BCUT2D eigenvalue weighted by Crippen LogP contribution is -2.38. The molecule has 0 radical (unpaired) electrons. The van der Waals surface area contributed by atoms with Gasteiger partial charge in [-0.2, -0.15) is 0 Å². The molecule has 0 aliphatic carbocycles. The van der Waals surface area contributed by atoms with Crippen LogP contribution in [0.4, 0.5) is 0 Å². The summed E-state index contributed by atoms with van der Waals surface area (Å²) in [6.07, 6.45) is 0.677. The number of rotatable bonds is 10. The molecule has 2 heterocycles. The van der Waals surface area contributed by atoms with Crippen molar-refractivity contribution in [2.24, 2.45) is 5.92 Å². The highest BCUT2D eigenvalue weighted by atomic mass is 16.6. The fourth-order valence-corrected chi connectivity index (χ4v) is 5.46. The van der Waals surface area contributed by atoms with Gasteiger partial charge in [0, 0.05) is 31.0 Å². The summed E-state index contributed by atoms with van der Waals surface area (Å²) in [6.45, 7) is 3.20. The van der Waals surface area contributed by atoms with Gasteiger partial charge in [-0.25, -0.2) is 4.79 Å². The molecular weight excluding hydrogens is 536 g/mol. The first-order chi connectivity index (χ1) is 20.3. The van der Waals surface area contributed by atoms with Crippen LogP contribution in [0.1, 0.15) is 41.8 Å². The van der Waals surface area contributed by atoms with E-state index < -0.39 is 35.2 Å². The number of hydrogen-bond acceptors (Lipinski definition) is 7. The van der Waals surface area contributed by atoms with Gasteiger partial charge in [0.25, 0.3) is 5.56 Å². The van der Waals surface area contributed by atoms with Gasteiger partial charge in [0.2, 0.25) is 0 Å². The normalized spacial score (nSPS) is 18.5. The van der Waals surface area contributed by atoms with Crippen molar-refractivity contribution < 1.29 is 23.7 Å². The Kier molecular flexibility index (Phi) is 8.70. The van der Waals surface area contributed by atoms with Gasteiger partial charge in [-0.1, -0.05) is 72.8 Å². The van der Waals surface area contributed by atoms with Crippen molar-refractivity contribution in [3.05, 3.63) is 134 Å². The quantitative estimate of drug-likeness (QED) is 0.223. The first-order valence-electron chi connectivity index (χ1n) is 13.8. The average molecular weight is 571 g/mol. The van der Waals surface area contributed by atoms with Crippen LogP contribution in [0.5, 0.6) is 5.75 Å². The number of carbonyl (C=O) groups excluding carboxylic acids is 1. The number of nitrogens with zero attached hydrogens (tertiary/aromatic N) is 1. The molecule has 1 aliphatic rings. The highest BCUT2D eigenvalue weighted by Gasteiger charge is 2.42. The maximum absolute atomic E-state index is 12.7. The number of esters is 1. The predicted molar refractivity (Wildman–Crippen MR) is 156 cm³/mol. The van der Waals surface area contributed by atoms with Gasteiger partial charge in [0.1, 0.15) is 17.6 Å². The maximum Gasteiger partial charge on any atom is 0.330 e. The van der Waals surface area contributed by atoms with E-state index >= 15 is 0 Å². The molecule has 0 spiro atoms. The SMILES string of the molecule is COc1ccc(C(OC[C@H]2O[C@@H](n3cc(C)c(=O)[nH]c3=O)C[C@H]2COC(C)=O)(c2ccccc2)c2ccccc2)cc1. The summed E-state index contributed by atoms with van der Waals surface area (Å²) in [5.74, 6) is 0.0493. The van der Waals surface area contributed by atoms with E-state index in [2.05, 4.69) is 4.98 Å². The van der Waals surface area contributed by atoms with Crippen LogP contribution in [0, 0.1) is 12.8 Å². The molecule has 5 rings (SSSR count). The van der Waals surface area contributed by atoms with Gasteiger partial charge in [0.15, 0.2) is 0 Å². The molecular formula is C33H34N2O7. The van der Waals surface area contributed by atoms with Gasteiger partial charge in [-0.05, 0) is 35.7 Å². The Hall–Kier alpha value is -4.47. The first-order valence-corrected chi connectivity index (χ1v) is 13.8. The van der Waals surface area contributed by atoms with Crippen molar-refractivity contribution in [3.63, 3.8) is 0 Å². The number of ether oxygens (including phenoxy) is 4. The van der Waals surface area contributed by atoms with Crippen molar-refractivity contribution in [2.45, 2.75) is 38.2 Å². The van der Waals surface area contributed by atoms with E-state index in [1.807, 2.05) is 84.9 Å². The largest absolute Gasteiger partial charge is 0.497 e. The second-order valence-corrected chi connectivity index (χ2v) is 10.4. The Labute approximate surface area is 243 Å². The molecule has 9 nitrogen and oxygen atoms in total. The van der Waals surface area contributed by atoms with E-state index in [9.17, 15) is 14.4 Å². The second-order valence-electron chi connectivity index (χ2n) is 10.4. The highest BCUT2D eigenvalue weighted by molar-refractivity contribution is 5.65. The van der Waals surface area contributed by atoms with Gasteiger partial charge in [-0.15, -0.1) is 0 Å². The van der Waals surface area contributed by atoms with Crippen LogP contribution in [0.3, 0.4) is 0 Å². The summed E-state index contributed by atoms with van der Waals surface area (Å²) in [5.41, 5.74) is 1.08. The average Bonchev–Trinajstić information content (AvgIpc) is 3.42. The van der Waals surface area contributed by atoms with Crippen molar-refractivity contribution in [3.8, 4) is 5.75 Å². The van der Waals surface area contributed by atoms with Crippen LogP contribution in [-0.4, -0.2) is 41.9 Å². The molecule has 0 saturated carbocycles. The second kappa shape index (κ2) is 12.6. The zero-order chi connectivity index (χ0) is 29.7. The third-order valence-corrected chi connectivity index (χ3v) is 7.64. The van der Waals surface area contributed by atoms with Crippen LogP contribution >= 0.6 is 0 Å². The van der Waals surface area contributed by atoms with Crippen molar-refractivity contribution in [2.75, 3.05) is 20.3 Å². The van der Waals surface area contributed by atoms with Crippen molar-refractivity contribution in [1.82, 2.24) is 9.55 Å². The van der Waals surface area contributed by atoms with E-state index in [0.717, 1.165) is 22.4 Å². The minimum absolute atomic E-state index is 0.100. The van der Waals surface area contributed by atoms with E-state index in [4.69, 9.17) is 18.9 Å². The zero-order valence-electron chi connectivity index (χ0n) is 23.8. The van der Waals surface area contributed by atoms with E-state index in [1.165, 1.54) is 17.7 Å². The van der Waals surface area contributed by atoms with Crippen molar-refractivity contribution in [1.29, 1.82) is 0 Å². The fourth-order valence-electron chi connectivity index (χ4n) is 5.46. The van der Waals surface area contributed by atoms with Gasteiger partial charge in [0.05, 0.1) is 26.4 Å². The predicted octanol–water partition coefficient (Wildman–Crippen LogP) is 4.33. The molecule has 4 aromatic rings. The molecule has 1 aromatic heterocycles. The van der Waals surface area contributed by atoms with E-state index in [-0.39, 0.29) is 19.1 Å². The van der Waals surface area contributed by atoms with Crippen LogP contribution in [-0.2, 0) is 24.6 Å². The van der Waals surface area contributed by atoms with Crippen LogP contribution in [0.25, 0.3) is 0 Å². The maximum atomic E-state index is 12.7. The third-order valence-electron chi connectivity index (χ3n) is 7.64. The molecule has 218 valence electrons. The molecule has 1 fully saturated rings. The molecule has 3 aromatic carbocycles. The third kappa shape index (κ3) is 5.93. The number of benzene rings is 3. The number of H-pyrrole nitrogens is 1. The summed E-state index contributed by atoms with van der Waals surface area (Å²) in [5, 5.41) is 0. The Morgan fingerprint density at radius 3 is 2.10 bits per heavy atom. The van der Waals surface area contributed by atoms with Crippen LogP contribution in [0.15, 0.2) is 101 Å². The summed E-state index contributed by atoms with van der Waals surface area (Å²) in [7, 11) is 1.62. The zero-order valence-corrected chi connectivity index (χ0v) is 23.8. The standard InChI is InChI=1S/C33H34N2O7/c1-22-19-35(32(38)34-31(22)37)30-18-24(20-40-23(2)36)29(42-30)21-41-33(25-10-6-4-7-11-25,26-12-8-5-9-13-26)27-14-16-28(39-3)17-15-27/h4-17,19,24,29-30H,18,20-21H2,1-3H3,(H,34,37,38)/t24-,29+,30+/m0/s1.